The summed E-state index contributed by atoms with van der Waals surface area (Å²) in [6.45, 7) is 3.63. The molecule has 1 atom stereocenters. The molecule has 0 heterocycles. The van der Waals surface area contributed by atoms with Crippen molar-refractivity contribution in [1.82, 2.24) is 0 Å². The Balaban J connectivity index is 4.00. The highest BCUT2D eigenvalue weighted by Crippen LogP contribution is 2.36. The molecular weight excluding hydrogens is 723 g/mol. The van der Waals surface area contributed by atoms with Gasteiger partial charge >= 0.3 is 19.8 Å². The van der Waals surface area contributed by atoms with Gasteiger partial charge in [0.05, 0.1) is 6.61 Å². The van der Waals surface area contributed by atoms with Crippen molar-refractivity contribution in [2.45, 2.75) is 213 Å². The molecule has 0 spiro atoms. The molecule has 0 aromatic heterocycles. The van der Waals surface area contributed by atoms with Crippen LogP contribution in [0, 0.1) is 0 Å². The summed E-state index contributed by atoms with van der Waals surface area (Å²) < 4.78 is 26.4. The molecule has 8 nitrogen and oxygen atoms in total. The van der Waals surface area contributed by atoms with Crippen LogP contribution >= 0.6 is 7.82 Å². The van der Waals surface area contributed by atoms with Crippen molar-refractivity contribution >= 4 is 19.8 Å². The zero-order valence-corrected chi connectivity index (χ0v) is 36.7. The van der Waals surface area contributed by atoms with Crippen molar-refractivity contribution in [2.24, 2.45) is 0 Å². The van der Waals surface area contributed by atoms with Crippen molar-refractivity contribution in [2.75, 3.05) is 13.2 Å². The van der Waals surface area contributed by atoms with Crippen molar-refractivity contribution in [3.05, 3.63) is 60.8 Å². The maximum absolute atomic E-state index is 12.4. The number of phosphoric acid groups is 1. The lowest BCUT2D eigenvalue weighted by Crippen LogP contribution is -2.29. The molecular formula is C47H83O8P. The van der Waals surface area contributed by atoms with Crippen LogP contribution in [0.1, 0.15) is 206 Å². The fourth-order valence-corrected chi connectivity index (χ4v) is 6.49. The van der Waals surface area contributed by atoms with Crippen LogP contribution < -0.4 is 0 Å². The van der Waals surface area contributed by atoms with Crippen LogP contribution in [0.2, 0.25) is 0 Å². The van der Waals surface area contributed by atoms with E-state index < -0.39 is 32.5 Å². The van der Waals surface area contributed by atoms with Crippen LogP contribution in [0.5, 0.6) is 0 Å². The zero-order chi connectivity index (χ0) is 41.1. The summed E-state index contributed by atoms with van der Waals surface area (Å²) in [7, 11) is -4.77. The highest BCUT2D eigenvalue weighted by Gasteiger charge is 2.22. The first-order valence-electron chi connectivity index (χ1n) is 22.6. The van der Waals surface area contributed by atoms with E-state index in [4.69, 9.17) is 19.3 Å². The minimum absolute atomic E-state index is 0.134. The maximum Gasteiger partial charge on any atom is 0.469 e. The molecule has 0 aliphatic carbocycles. The minimum Gasteiger partial charge on any atom is -0.462 e. The number of hydrogen-bond acceptors (Lipinski definition) is 6. The standard InChI is InChI=1S/C47H83O8P/c1-3-5-7-9-11-13-15-17-19-21-22-23-24-26-28-30-32-34-36-38-40-42-47(49)55-45(44-54-56(50,51)52)43-53-46(48)41-39-37-35-33-31-29-27-25-20-18-16-14-12-10-8-6-4-2/h14,16,19,21,23-24,28,30,34,36,45H,3-13,15,17-18,20,22,25-27,29,31-33,35,37-44H2,1-2H3,(H2,50,51,52)/b16-14+,21-19+,24-23+,30-28+,36-34+/t45-/m1/s1. The van der Waals surface area contributed by atoms with Gasteiger partial charge in [-0.15, -0.1) is 0 Å². The van der Waals surface area contributed by atoms with Gasteiger partial charge in [-0.05, 0) is 77.0 Å². The van der Waals surface area contributed by atoms with Gasteiger partial charge in [-0.1, -0.05) is 177 Å². The summed E-state index contributed by atoms with van der Waals surface area (Å²) in [4.78, 5) is 42.9. The minimum atomic E-state index is -4.77. The van der Waals surface area contributed by atoms with Crippen molar-refractivity contribution < 1.29 is 37.9 Å². The van der Waals surface area contributed by atoms with Crippen LogP contribution in [0.25, 0.3) is 0 Å². The Labute approximate surface area is 343 Å². The van der Waals surface area contributed by atoms with Crippen molar-refractivity contribution in [3.63, 3.8) is 0 Å². The summed E-state index contributed by atoms with van der Waals surface area (Å²) in [6, 6.07) is 0. The number of ether oxygens (including phenoxy) is 2. The average Bonchev–Trinajstić information content (AvgIpc) is 3.17. The van der Waals surface area contributed by atoms with Gasteiger partial charge in [-0.3, -0.25) is 14.1 Å². The molecule has 9 heteroatoms. The second-order valence-corrected chi connectivity index (χ2v) is 16.3. The first-order chi connectivity index (χ1) is 27.3. The normalized spacial score (nSPS) is 13.0. The number of allylic oxidation sites excluding steroid dienone is 10. The molecule has 0 amide bonds. The van der Waals surface area contributed by atoms with Crippen LogP contribution in [0.3, 0.4) is 0 Å². The number of carbonyl (C=O) groups is 2. The number of hydrogen-bond donors (Lipinski definition) is 2. The summed E-state index contributed by atoms with van der Waals surface area (Å²) in [5, 5.41) is 0. The lowest BCUT2D eigenvalue weighted by molar-refractivity contribution is -0.161. The molecule has 0 aromatic rings. The first kappa shape index (κ1) is 53.8. The lowest BCUT2D eigenvalue weighted by Gasteiger charge is -2.18. The van der Waals surface area contributed by atoms with E-state index in [2.05, 4.69) is 73.1 Å². The van der Waals surface area contributed by atoms with Crippen LogP contribution in [0.4, 0.5) is 0 Å². The number of unbranched alkanes of at least 4 members (excludes halogenated alkanes) is 21. The molecule has 324 valence electrons. The first-order valence-corrected chi connectivity index (χ1v) is 24.1. The number of rotatable bonds is 41. The van der Waals surface area contributed by atoms with Gasteiger partial charge < -0.3 is 19.3 Å². The Morgan fingerprint density at radius 1 is 0.464 bits per heavy atom. The number of phosphoric ester groups is 1. The molecule has 0 radical (unpaired) electrons. The predicted octanol–water partition coefficient (Wildman–Crippen LogP) is 14.1. The Hall–Kier alpha value is -2.25. The second-order valence-electron chi connectivity index (χ2n) is 15.0. The number of carbonyl (C=O) groups excluding carboxylic acids is 2. The van der Waals surface area contributed by atoms with Crippen LogP contribution in [0.15, 0.2) is 60.8 Å². The molecule has 0 unspecified atom stereocenters. The third-order valence-corrected chi connectivity index (χ3v) is 9.99. The van der Waals surface area contributed by atoms with Gasteiger partial charge in [0.2, 0.25) is 0 Å². The molecule has 0 aliphatic rings. The Morgan fingerprint density at radius 2 is 0.821 bits per heavy atom. The molecule has 56 heavy (non-hydrogen) atoms. The van der Waals surface area contributed by atoms with Gasteiger partial charge in [0.15, 0.2) is 6.10 Å². The van der Waals surface area contributed by atoms with Gasteiger partial charge in [-0.25, -0.2) is 4.57 Å². The molecule has 0 aliphatic heterocycles. The maximum atomic E-state index is 12.4. The summed E-state index contributed by atoms with van der Waals surface area (Å²) in [6.07, 6.45) is 53.8. The fraction of sp³-hybridized carbons (Fsp3) is 0.745. The van der Waals surface area contributed by atoms with Crippen LogP contribution in [-0.4, -0.2) is 41.0 Å². The third-order valence-electron chi connectivity index (χ3n) is 9.51. The smallest absolute Gasteiger partial charge is 0.462 e. The molecule has 2 N–H and O–H groups in total. The Morgan fingerprint density at radius 3 is 1.29 bits per heavy atom. The highest BCUT2D eigenvalue weighted by molar-refractivity contribution is 7.46. The fourth-order valence-electron chi connectivity index (χ4n) is 6.13. The van der Waals surface area contributed by atoms with E-state index >= 15 is 0 Å². The average molecular weight is 807 g/mol. The molecule has 0 bridgehead atoms. The van der Waals surface area contributed by atoms with E-state index in [0.29, 0.717) is 19.3 Å². The Bertz CT molecular complexity index is 1090. The summed E-state index contributed by atoms with van der Waals surface area (Å²) in [5.74, 6) is -0.952. The third kappa shape index (κ3) is 44.5. The van der Waals surface area contributed by atoms with Crippen molar-refractivity contribution in [1.29, 1.82) is 0 Å². The highest BCUT2D eigenvalue weighted by atomic mass is 31.2. The molecule has 0 fully saturated rings. The molecule has 0 aromatic carbocycles. The van der Waals surface area contributed by atoms with E-state index in [-0.39, 0.29) is 19.4 Å². The summed E-state index contributed by atoms with van der Waals surface area (Å²) in [5.41, 5.74) is 0. The predicted molar refractivity (Wildman–Crippen MR) is 234 cm³/mol. The topological polar surface area (TPSA) is 119 Å². The van der Waals surface area contributed by atoms with E-state index in [0.717, 1.165) is 38.5 Å². The van der Waals surface area contributed by atoms with Gasteiger partial charge in [-0.2, -0.15) is 0 Å². The lowest BCUT2D eigenvalue weighted by atomic mass is 10.1. The summed E-state index contributed by atoms with van der Waals surface area (Å²) >= 11 is 0. The molecule has 0 saturated heterocycles. The van der Waals surface area contributed by atoms with Gasteiger partial charge in [0, 0.05) is 12.8 Å². The molecule has 0 saturated carbocycles. The van der Waals surface area contributed by atoms with E-state index in [1.54, 1.807) is 0 Å². The van der Waals surface area contributed by atoms with Crippen LogP contribution in [-0.2, 0) is 28.2 Å². The van der Waals surface area contributed by atoms with Crippen molar-refractivity contribution in [3.8, 4) is 0 Å². The van der Waals surface area contributed by atoms with E-state index in [1.807, 2.05) is 6.08 Å². The Kier molecular flexibility index (Phi) is 40.7. The van der Waals surface area contributed by atoms with E-state index in [1.165, 1.54) is 122 Å². The zero-order valence-electron chi connectivity index (χ0n) is 35.8. The monoisotopic (exact) mass is 807 g/mol. The quantitative estimate of drug-likeness (QED) is 0.0271. The van der Waals surface area contributed by atoms with E-state index in [9.17, 15) is 14.2 Å². The largest absolute Gasteiger partial charge is 0.469 e. The second kappa shape index (κ2) is 42.4. The van der Waals surface area contributed by atoms with Gasteiger partial charge in [0.1, 0.15) is 6.61 Å². The molecule has 0 rings (SSSR count). The SMILES string of the molecule is CCCCCC/C=C/CCCCCCCCCCCC(=O)OC[C@H](COP(=O)(O)O)OC(=O)CCC/C=C/C/C=C/C/C=C/C/C=C/CCCCCCCCC. The number of esters is 2. The van der Waals surface area contributed by atoms with Gasteiger partial charge in [0.25, 0.3) is 0 Å².